The molecule has 4 N–H and O–H groups in total. The summed E-state index contributed by atoms with van der Waals surface area (Å²) >= 11 is 0. The van der Waals surface area contributed by atoms with E-state index >= 15 is 0 Å². The fourth-order valence-electron chi connectivity index (χ4n) is 4.32. The van der Waals surface area contributed by atoms with Crippen LogP contribution in [0.4, 0.5) is 0 Å². The number of aliphatic hydroxyl groups is 4. The second-order valence-corrected chi connectivity index (χ2v) is 9.23. The molecule has 0 aromatic carbocycles. The van der Waals surface area contributed by atoms with Crippen molar-refractivity contribution in [3.05, 3.63) is 0 Å². The third-order valence-corrected chi connectivity index (χ3v) is 6.60. The molecule has 8 heteroatoms. The van der Waals surface area contributed by atoms with Crippen molar-refractivity contribution >= 4 is 5.97 Å². The van der Waals surface area contributed by atoms with Gasteiger partial charge in [0.2, 0.25) is 0 Å². The first kappa shape index (κ1) is 29.3. The Kier molecular flexibility index (Phi) is 13.9. The molecule has 1 fully saturated rings. The predicted molar refractivity (Wildman–Crippen MR) is 123 cm³/mol. The van der Waals surface area contributed by atoms with Gasteiger partial charge < -0.3 is 29.9 Å². The fourth-order valence-corrected chi connectivity index (χ4v) is 4.32. The highest BCUT2D eigenvalue weighted by Gasteiger charge is 2.60. The summed E-state index contributed by atoms with van der Waals surface area (Å²) in [6, 6.07) is -1.30. The van der Waals surface area contributed by atoms with E-state index < -0.39 is 42.7 Å². The van der Waals surface area contributed by atoms with E-state index in [0.717, 1.165) is 38.5 Å². The van der Waals surface area contributed by atoms with Crippen LogP contribution in [0, 0.1) is 0 Å². The number of hydrogen-bond acceptors (Lipinski definition) is 8. The Labute approximate surface area is 193 Å². The van der Waals surface area contributed by atoms with Crippen molar-refractivity contribution in [2.45, 2.75) is 128 Å². The minimum Gasteiger partial charge on any atom is -0.462 e. The lowest BCUT2D eigenvalue weighted by Gasteiger charge is -2.50. The Balaban J connectivity index is 2.73. The standard InChI is InChI=1S/C24H47NO7/c1-5-7-9-10-11-12-13-14-16-31-23(29)24(30)22(25(4)18(3)15-8-6-2)21(28)20(27)19(17-26)32-24/h18-22,26-28,30H,5-17H2,1-4H3/t18?,19-,20-,21+,22-,24?/m1/s1. The lowest BCUT2D eigenvalue weighted by molar-refractivity contribution is -0.328. The Bertz CT molecular complexity index is 521. The number of hydrogen-bond donors (Lipinski definition) is 4. The maximum atomic E-state index is 12.9. The molecule has 1 heterocycles. The third kappa shape index (κ3) is 8.22. The van der Waals surface area contributed by atoms with Gasteiger partial charge in [0.1, 0.15) is 24.4 Å². The normalized spacial score (nSPS) is 29.3. The van der Waals surface area contributed by atoms with Gasteiger partial charge in [0.05, 0.1) is 13.2 Å². The maximum Gasteiger partial charge on any atom is 0.368 e. The molecule has 6 atom stereocenters. The van der Waals surface area contributed by atoms with Gasteiger partial charge in [-0.05, 0) is 26.8 Å². The molecule has 0 radical (unpaired) electrons. The molecule has 1 aliphatic heterocycles. The molecule has 0 saturated carbocycles. The zero-order valence-corrected chi connectivity index (χ0v) is 20.5. The van der Waals surface area contributed by atoms with Crippen LogP contribution in [-0.2, 0) is 14.3 Å². The molecule has 1 saturated heterocycles. The van der Waals surface area contributed by atoms with Crippen molar-refractivity contribution in [2.24, 2.45) is 0 Å². The summed E-state index contributed by atoms with van der Waals surface area (Å²) in [7, 11) is 1.68. The van der Waals surface area contributed by atoms with Gasteiger partial charge in [0, 0.05) is 6.04 Å². The number of likely N-dealkylation sites (N-methyl/N-ethyl adjacent to an activating group) is 1. The molecule has 0 aromatic rings. The summed E-state index contributed by atoms with van der Waals surface area (Å²) in [6.45, 7) is 5.69. The molecule has 8 nitrogen and oxygen atoms in total. The Hall–Kier alpha value is -0.770. The molecule has 0 amide bonds. The number of esters is 1. The van der Waals surface area contributed by atoms with Crippen molar-refractivity contribution in [3.8, 4) is 0 Å². The highest BCUT2D eigenvalue weighted by Crippen LogP contribution is 2.34. The minimum atomic E-state index is -2.48. The monoisotopic (exact) mass is 461 g/mol. The predicted octanol–water partition coefficient (Wildman–Crippen LogP) is 2.35. The second kappa shape index (κ2) is 15.2. The second-order valence-electron chi connectivity index (χ2n) is 9.23. The first-order valence-corrected chi connectivity index (χ1v) is 12.5. The Morgan fingerprint density at radius 1 is 1.00 bits per heavy atom. The molecule has 2 unspecified atom stereocenters. The van der Waals surface area contributed by atoms with E-state index in [0.29, 0.717) is 6.42 Å². The largest absolute Gasteiger partial charge is 0.462 e. The SMILES string of the molecule is CCCCCCCCCCOC(=O)C1(O)O[C@H](CO)[C@@H](O)[C@H](O)[C@H]1N(C)C(C)CCCC. The van der Waals surface area contributed by atoms with Crippen LogP contribution in [0.25, 0.3) is 0 Å². The van der Waals surface area contributed by atoms with Gasteiger partial charge in [0.25, 0.3) is 5.79 Å². The highest BCUT2D eigenvalue weighted by atomic mass is 16.7. The molecule has 32 heavy (non-hydrogen) atoms. The van der Waals surface area contributed by atoms with E-state index in [4.69, 9.17) is 9.47 Å². The van der Waals surface area contributed by atoms with Crippen LogP contribution in [0.3, 0.4) is 0 Å². The molecular weight excluding hydrogens is 414 g/mol. The number of ether oxygens (including phenoxy) is 2. The average Bonchev–Trinajstić information content (AvgIpc) is 2.78. The van der Waals surface area contributed by atoms with Gasteiger partial charge in [0.15, 0.2) is 0 Å². The molecule has 0 spiro atoms. The number of carbonyl (C=O) groups excluding carboxylic acids is 1. The van der Waals surface area contributed by atoms with Gasteiger partial charge in [-0.3, -0.25) is 4.90 Å². The number of carbonyl (C=O) groups is 1. The number of unbranched alkanes of at least 4 members (excludes halogenated alkanes) is 8. The summed E-state index contributed by atoms with van der Waals surface area (Å²) in [6.07, 6.45) is 7.29. The highest BCUT2D eigenvalue weighted by molar-refractivity contribution is 5.79. The Morgan fingerprint density at radius 2 is 1.56 bits per heavy atom. The van der Waals surface area contributed by atoms with Gasteiger partial charge in [-0.1, -0.05) is 71.6 Å². The van der Waals surface area contributed by atoms with E-state index in [2.05, 4.69) is 13.8 Å². The van der Waals surface area contributed by atoms with Crippen LogP contribution < -0.4 is 0 Å². The third-order valence-electron chi connectivity index (χ3n) is 6.60. The lowest BCUT2D eigenvalue weighted by Crippen LogP contribution is -2.73. The quantitative estimate of drug-likeness (QED) is 0.204. The van der Waals surface area contributed by atoms with Crippen LogP contribution in [-0.4, -0.2) is 87.7 Å². The molecule has 0 aliphatic carbocycles. The lowest BCUT2D eigenvalue weighted by atomic mass is 9.88. The van der Waals surface area contributed by atoms with Gasteiger partial charge in [-0.15, -0.1) is 0 Å². The summed E-state index contributed by atoms with van der Waals surface area (Å²) in [4.78, 5) is 14.6. The van der Waals surface area contributed by atoms with E-state index in [-0.39, 0.29) is 12.6 Å². The molecule has 0 bridgehead atoms. The first-order chi connectivity index (χ1) is 15.2. The van der Waals surface area contributed by atoms with E-state index in [1.54, 1.807) is 11.9 Å². The minimum absolute atomic E-state index is 0.0805. The molecule has 0 aromatic heterocycles. The first-order valence-electron chi connectivity index (χ1n) is 12.5. The summed E-state index contributed by atoms with van der Waals surface area (Å²) in [5.74, 6) is -3.48. The summed E-state index contributed by atoms with van der Waals surface area (Å²) < 4.78 is 10.8. The molecule has 1 rings (SSSR count). The van der Waals surface area contributed by atoms with Crippen LogP contribution in [0.1, 0.15) is 91.4 Å². The molecule has 1 aliphatic rings. The van der Waals surface area contributed by atoms with E-state index in [1.165, 1.54) is 25.7 Å². The van der Waals surface area contributed by atoms with Crippen LogP contribution >= 0.6 is 0 Å². The van der Waals surface area contributed by atoms with Crippen molar-refractivity contribution < 1.29 is 34.7 Å². The average molecular weight is 462 g/mol. The molecule has 190 valence electrons. The van der Waals surface area contributed by atoms with Crippen molar-refractivity contribution in [3.63, 3.8) is 0 Å². The summed E-state index contributed by atoms with van der Waals surface area (Å²) in [5.41, 5.74) is 0. The zero-order valence-electron chi connectivity index (χ0n) is 20.5. The van der Waals surface area contributed by atoms with Crippen molar-refractivity contribution in [1.82, 2.24) is 4.90 Å². The number of rotatable bonds is 16. The smallest absolute Gasteiger partial charge is 0.368 e. The van der Waals surface area contributed by atoms with Crippen LogP contribution in [0.15, 0.2) is 0 Å². The maximum absolute atomic E-state index is 12.9. The Morgan fingerprint density at radius 3 is 2.12 bits per heavy atom. The van der Waals surface area contributed by atoms with E-state index in [1.807, 2.05) is 6.92 Å². The topological polar surface area (TPSA) is 120 Å². The van der Waals surface area contributed by atoms with Crippen LogP contribution in [0.5, 0.6) is 0 Å². The molecular formula is C24H47NO7. The zero-order chi connectivity index (χ0) is 24.1. The number of nitrogens with zero attached hydrogens (tertiary/aromatic N) is 1. The van der Waals surface area contributed by atoms with Crippen LogP contribution in [0.2, 0.25) is 0 Å². The van der Waals surface area contributed by atoms with Gasteiger partial charge in [-0.2, -0.15) is 0 Å². The van der Waals surface area contributed by atoms with Gasteiger partial charge >= 0.3 is 5.97 Å². The summed E-state index contributed by atoms with van der Waals surface area (Å²) in [5, 5.41) is 41.9. The van der Waals surface area contributed by atoms with Gasteiger partial charge in [-0.25, -0.2) is 4.79 Å². The van der Waals surface area contributed by atoms with E-state index in [9.17, 15) is 25.2 Å². The van der Waals surface area contributed by atoms with Crippen molar-refractivity contribution in [1.29, 1.82) is 0 Å². The fraction of sp³-hybridized carbons (Fsp3) is 0.958. The van der Waals surface area contributed by atoms with Crippen molar-refractivity contribution in [2.75, 3.05) is 20.3 Å². The number of aliphatic hydroxyl groups excluding tert-OH is 3.